The van der Waals surface area contributed by atoms with Crippen LogP contribution in [-0.2, 0) is 42.4 Å². The van der Waals surface area contributed by atoms with Gasteiger partial charge in [0.25, 0.3) is 5.69 Å². The fourth-order valence-corrected chi connectivity index (χ4v) is 12.0. The van der Waals surface area contributed by atoms with Crippen LogP contribution in [0, 0.1) is 27.9 Å². The number of rotatable bonds is 10. The van der Waals surface area contributed by atoms with Gasteiger partial charge in [0.15, 0.2) is 11.5 Å². The number of non-ortho nitro benzene ring substituents is 1. The molecule has 0 radical (unpaired) electrons. The molecule has 12 rings (SSSR count). The number of imide groups is 1. The van der Waals surface area contributed by atoms with E-state index in [-0.39, 0.29) is 49.2 Å². The van der Waals surface area contributed by atoms with Gasteiger partial charge in [-0.25, -0.2) is 9.69 Å². The standard InChI is InChI=1S/C62H51N5O12/c1-75-48-26-16-39(17-27-48)12-13-40-18-28-50-49(34-40)62(60(71)65(50)61(72)76-37-41-14-22-46(23-15-41)67(73)74)53(58(69)64-32-30-63(31-33-64)36-42-19-29-51-52(35-42)78-38-77-51)55-59(70)79-56(44-10-6-3-7-11-44)54(43-8-4-2-5-9-43)66(55)57(62)45-20-24-47(68)25-21-45/h2-11,14-29,34-35,53-57,68H,30-33,36-38H2,1H3/t53-,54-,55-,56+,57+,62-/m0/s1. The van der Waals surface area contributed by atoms with E-state index < -0.39 is 64.4 Å². The van der Waals surface area contributed by atoms with E-state index in [1.165, 1.54) is 36.4 Å². The van der Waals surface area contributed by atoms with Crippen molar-refractivity contribution in [2.45, 2.75) is 42.8 Å². The molecule has 79 heavy (non-hydrogen) atoms. The van der Waals surface area contributed by atoms with Crippen molar-refractivity contribution in [1.82, 2.24) is 14.7 Å². The number of methoxy groups -OCH3 is 1. The number of hydrogen-bond donors (Lipinski definition) is 1. The van der Waals surface area contributed by atoms with Crippen molar-refractivity contribution in [2.24, 2.45) is 5.92 Å². The molecule has 1 spiro atoms. The van der Waals surface area contributed by atoms with Crippen LogP contribution in [0.25, 0.3) is 0 Å². The Kier molecular flexibility index (Phi) is 13.2. The molecule has 5 aliphatic heterocycles. The van der Waals surface area contributed by atoms with Crippen LogP contribution in [0.2, 0.25) is 0 Å². The first-order valence-corrected chi connectivity index (χ1v) is 25.8. The number of hydrogen-bond acceptors (Lipinski definition) is 14. The van der Waals surface area contributed by atoms with Crippen molar-refractivity contribution in [2.75, 3.05) is 45.0 Å². The first-order chi connectivity index (χ1) is 38.5. The molecule has 0 unspecified atom stereocenters. The van der Waals surface area contributed by atoms with Crippen LogP contribution in [0.3, 0.4) is 0 Å². The molecule has 0 aromatic heterocycles. The second kappa shape index (κ2) is 20.8. The van der Waals surface area contributed by atoms with E-state index in [1.807, 2.05) is 95.9 Å². The molecule has 5 aliphatic rings. The van der Waals surface area contributed by atoms with E-state index >= 15 is 19.2 Å². The third kappa shape index (κ3) is 9.10. The summed E-state index contributed by atoms with van der Waals surface area (Å²) in [5.41, 5.74) is 2.44. The fraction of sp³-hybridized carbons (Fsp3) is 0.226. The van der Waals surface area contributed by atoms with Gasteiger partial charge in [-0.2, -0.15) is 0 Å². The summed E-state index contributed by atoms with van der Waals surface area (Å²) in [6.45, 7) is 1.68. The Labute approximate surface area is 454 Å². The van der Waals surface area contributed by atoms with E-state index in [4.69, 9.17) is 23.7 Å². The summed E-state index contributed by atoms with van der Waals surface area (Å²) in [4.78, 5) is 81.8. The molecule has 3 amide bonds. The van der Waals surface area contributed by atoms with Gasteiger partial charge in [-0.1, -0.05) is 90.7 Å². The first-order valence-electron chi connectivity index (χ1n) is 25.8. The summed E-state index contributed by atoms with van der Waals surface area (Å²) in [6.07, 6.45) is -2.04. The van der Waals surface area contributed by atoms with Gasteiger partial charge in [0.1, 0.15) is 35.7 Å². The fourth-order valence-electron chi connectivity index (χ4n) is 12.0. The summed E-state index contributed by atoms with van der Waals surface area (Å²) in [7, 11) is 1.57. The second-order valence-corrected chi connectivity index (χ2v) is 20.0. The Hall–Kier alpha value is -9.50. The number of phenolic OH excluding ortho intramolecular Hbond substituents is 1. The number of benzene rings is 7. The number of morpholine rings is 1. The Bertz CT molecular complexity index is 3560. The predicted molar refractivity (Wildman–Crippen MR) is 287 cm³/mol. The zero-order valence-electron chi connectivity index (χ0n) is 42.7. The highest BCUT2D eigenvalue weighted by Crippen LogP contribution is 2.66. The number of amides is 3. The average Bonchev–Trinajstić information content (AvgIpc) is 3.35. The molecule has 7 aromatic rings. The normalized spacial score (nSPS) is 22.1. The lowest BCUT2D eigenvalue weighted by Gasteiger charge is -2.46. The van der Waals surface area contributed by atoms with Crippen molar-refractivity contribution in [3.8, 4) is 34.8 Å². The SMILES string of the molecule is COc1ccc(C#Cc2ccc3c(c2)[C@]2(C(=O)N3C(=O)OCc3ccc([N+](=O)[O-])cc3)[C@H](C(=O)N3CCN(Cc4ccc5c(c4)OCO5)CC3)[C@H]3C(=O)O[C@H](c4ccccc4)[C@H](c4ccccc4)N3[C@@H]2c2ccc(O)cc2)cc1. The van der Waals surface area contributed by atoms with Crippen molar-refractivity contribution in [1.29, 1.82) is 0 Å². The average molecular weight is 1060 g/mol. The number of nitro groups is 1. The summed E-state index contributed by atoms with van der Waals surface area (Å²) < 4.78 is 29.2. The van der Waals surface area contributed by atoms with Crippen LogP contribution in [0.1, 0.15) is 62.7 Å². The Morgan fingerprint density at radius 1 is 0.722 bits per heavy atom. The van der Waals surface area contributed by atoms with E-state index in [2.05, 4.69) is 16.7 Å². The minimum atomic E-state index is -2.11. The van der Waals surface area contributed by atoms with Crippen LogP contribution < -0.4 is 19.1 Å². The second-order valence-electron chi connectivity index (χ2n) is 20.0. The van der Waals surface area contributed by atoms with E-state index in [0.29, 0.717) is 64.7 Å². The number of carbonyl (C=O) groups excluding carboxylic acids is 4. The highest BCUT2D eigenvalue weighted by atomic mass is 16.7. The third-order valence-corrected chi connectivity index (χ3v) is 15.6. The van der Waals surface area contributed by atoms with Gasteiger partial charge in [0.2, 0.25) is 18.6 Å². The van der Waals surface area contributed by atoms with Crippen LogP contribution in [0.15, 0.2) is 170 Å². The maximum Gasteiger partial charge on any atom is 0.421 e. The summed E-state index contributed by atoms with van der Waals surface area (Å²) in [5.74, 6) is 4.75. The van der Waals surface area contributed by atoms with Gasteiger partial charge in [-0.05, 0) is 112 Å². The van der Waals surface area contributed by atoms with Gasteiger partial charge in [0.05, 0.1) is 35.7 Å². The number of esters is 1. The van der Waals surface area contributed by atoms with E-state index in [9.17, 15) is 15.2 Å². The molecule has 6 atom stereocenters. The quantitative estimate of drug-likeness (QED) is 0.0592. The predicted octanol–water partition coefficient (Wildman–Crippen LogP) is 8.78. The molecule has 17 heteroatoms. The monoisotopic (exact) mass is 1060 g/mol. The van der Waals surface area contributed by atoms with E-state index in [0.717, 1.165) is 16.0 Å². The largest absolute Gasteiger partial charge is 0.508 e. The number of cyclic esters (lactones) is 1. The maximum absolute atomic E-state index is 16.8. The van der Waals surface area contributed by atoms with Crippen LogP contribution in [0.5, 0.6) is 23.0 Å². The van der Waals surface area contributed by atoms with Crippen LogP contribution >= 0.6 is 0 Å². The number of ether oxygens (including phenoxy) is 5. The van der Waals surface area contributed by atoms with Gasteiger partial charge in [-0.3, -0.25) is 34.3 Å². The number of nitro benzene ring substituents is 1. The molecule has 0 aliphatic carbocycles. The minimum Gasteiger partial charge on any atom is -0.508 e. The number of aromatic hydroxyl groups is 1. The van der Waals surface area contributed by atoms with Crippen LogP contribution in [0.4, 0.5) is 16.2 Å². The molecule has 3 saturated heterocycles. The molecule has 5 heterocycles. The molecule has 3 fully saturated rings. The number of carbonyl (C=O) groups is 4. The number of phenols is 1. The Morgan fingerprint density at radius 2 is 1.38 bits per heavy atom. The Balaban J connectivity index is 1.04. The maximum atomic E-state index is 16.8. The first kappa shape index (κ1) is 50.3. The topological polar surface area (TPSA) is 191 Å². The number of nitrogens with zero attached hydrogens (tertiary/aromatic N) is 5. The van der Waals surface area contributed by atoms with Gasteiger partial charge < -0.3 is 33.7 Å². The lowest BCUT2D eigenvalue weighted by atomic mass is 9.65. The number of anilines is 1. The van der Waals surface area contributed by atoms with Crippen molar-refractivity contribution in [3.05, 3.63) is 224 Å². The Morgan fingerprint density at radius 3 is 2.08 bits per heavy atom. The van der Waals surface area contributed by atoms with E-state index in [1.54, 1.807) is 54.5 Å². The summed E-state index contributed by atoms with van der Waals surface area (Å²) >= 11 is 0. The zero-order valence-corrected chi connectivity index (χ0v) is 42.7. The van der Waals surface area contributed by atoms with Gasteiger partial charge in [-0.15, -0.1) is 0 Å². The highest BCUT2D eigenvalue weighted by molar-refractivity contribution is 6.23. The number of fused-ring (bicyclic) bond motifs is 4. The summed E-state index contributed by atoms with van der Waals surface area (Å²) in [6, 6.07) is 45.1. The summed E-state index contributed by atoms with van der Waals surface area (Å²) in [5, 5.41) is 22.4. The van der Waals surface area contributed by atoms with Crippen molar-refractivity contribution >= 4 is 35.3 Å². The molecule has 396 valence electrons. The molecule has 17 nitrogen and oxygen atoms in total. The van der Waals surface area contributed by atoms with Gasteiger partial charge in [0, 0.05) is 56.0 Å². The molecule has 7 aromatic carbocycles. The molecule has 0 bridgehead atoms. The minimum absolute atomic E-state index is 0.0656. The lowest BCUT2D eigenvalue weighted by molar-refractivity contribution is -0.384. The molecule has 1 N–H and O–H groups in total. The van der Waals surface area contributed by atoms with Crippen molar-refractivity contribution in [3.63, 3.8) is 0 Å². The molecule has 0 saturated carbocycles. The highest BCUT2D eigenvalue weighted by Gasteiger charge is 2.76. The third-order valence-electron chi connectivity index (χ3n) is 15.6. The molecular formula is C62H51N5O12. The lowest BCUT2D eigenvalue weighted by Crippen LogP contribution is -2.59. The smallest absolute Gasteiger partial charge is 0.421 e. The van der Waals surface area contributed by atoms with Crippen molar-refractivity contribution < 1.29 is 52.9 Å². The zero-order chi connectivity index (χ0) is 54.4. The molecular weight excluding hydrogens is 1010 g/mol. The van der Waals surface area contributed by atoms with Crippen LogP contribution in [-0.4, -0.2) is 94.7 Å². The number of piperazine rings is 1. The van der Waals surface area contributed by atoms with Gasteiger partial charge >= 0.3 is 12.1 Å².